The molecule has 18 heavy (non-hydrogen) atoms. The minimum absolute atomic E-state index is 0.000683. The highest BCUT2D eigenvalue weighted by Crippen LogP contribution is 2.16. The monoisotopic (exact) mass is 253 g/mol. The average Bonchev–Trinajstić information content (AvgIpc) is 2.85. The molecule has 0 aliphatic carbocycles. The van der Waals surface area contributed by atoms with Crippen LogP contribution in [-0.2, 0) is 13.2 Å². The van der Waals surface area contributed by atoms with Crippen molar-refractivity contribution in [1.82, 2.24) is 9.55 Å². The number of halogens is 2. The predicted octanol–water partition coefficient (Wildman–Crippen LogP) is 2.32. The third kappa shape index (κ3) is 2.84. The Bertz CT molecular complexity index is 496. The Morgan fingerprint density at radius 1 is 1.28 bits per heavy atom. The van der Waals surface area contributed by atoms with Gasteiger partial charge >= 0.3 is 6.55 Å². The molecule has 0 saturated heterocycles. The summed E-state index contributed by atoms with van der Waals surface area (Å²) >= 11 is 0. The lowest BCUT2D eigenvalue weighted by Crippen LogP contribution is -2.07. The van der Waals surface area contributed by atoms with E-state index in [1.165, 1.54) is 12.4 Å². The van der Waals surface area contributed by atoms with Crippen LogP contribution in [0.5, 0.6) is 5.75 Å². The molecule has 6 heteroatoms. The van der Waals surface area contributed by atoms with E-state index in [9.17, 15) is 8.78 Å². The molecule has 2 N–H and O–H groups in total. The van der Waals surface area contributed by atoms with Crippen LogP contribution in [0, 0.1) is 0 Å². The van der Waals surface area contributed by atoms with Crippen LogP contribution in [0.25, 0.3) is 0 Å². The Morgan fingerprint density at radius 3 is 2.61 bits per heavy atom. The molecule has 1 heterocycles. The standard InChI is InChI=1S/C12H13F2N3O/c13-12(14)17-6-5-16-11(17)8-18-10-3-1-9(7-15)2-4-10/h1-6,12H,7-8,15H2. The lowest BCUT2D eigenvalue weighted by Gasteiger charge is -2.08. The van der Waals surface area contributed by atoms with E-state index in [2.05, 4.69) is 4.98 Å². The van der Waals surface area contributed by atoms with Crippen LogP contribution in [0.15, 0.2) is 36.7 Å². The van der Waals surface area contributed by atoms with Crippen molar-refractivity contribution in [2.45, 2.75) is 19.7 Å². The minimum atomic E-state index is -2.61. The Labute approximate surface area is 103 Å². The molecule has 1 aromatic carbocycles. The van der Waals surface area contributed by atoms with Gasteiger partial charge in [-0.2, -0.15) is 8.78 Å². The number of aromatic nitrogens is 2. The predicted molar refractivity (Wildman–Crippen MR) is 62.1 cm³/mol. The van der Waals surface area contributed by atoms with Crippen molar-refractivity contribution in [3.8, 4) is 5.75 Å². The van der Waals surface area contributed by atoms with Crippen LogP contribution in [-0.4, -0.2) is 9.55 Å². The van der Waals surface area contributed by atoms with E-state index in [1.54, 1.807) is 12.1 Å². The van der Waals surface area contributed by atoms with Crippen LogP contribution in [0.3, 0.4) is 0 Å². The number of alkyl halides is 2. The number of ether oxygens (including phenoxy) is 1. The minimum Gasteiger partial charge on any atom is -0.486 e. The molecule has 0 spiro atoms. The van der Waals surface area contributed by atoms with E-state index in [0.717, 1.165) is 10.1 Å². The maximum atomic E-state index is 12.5. The third-order valence-electron chi connectivity index (χ3n) is 2.49. The second-order valence-electron chi connectivity index (χ2n) is 3.67. The van der Waals surface area contributed by atoms with Crippen molar-refractivity contribution in [3.63, 3.8) is 0 Å². The highest BCUT2D eigenvalue weighted by molar-refractivity contribution is 5.27. The fraction of sp³-hybridized carbons (Fsp3) is 0.250. The molecule has 0 saturated carbocycles. The number of benzene rings is 1. The summed E-state index contributed by atoms with van der Waals surface area (Å²) in [5, 5.41) is 0. The fourth-order valence-electron chi connectivity index (χ4n) is 1.50. The number of nitrogens with two attached hydrogens (primary N) is 1. The zero-order valence-corrected chi connectivity index (χ0v) is 9.59. The normalized spacial score (nSPS) is 10.9. The maximum absolute atomic E-state index is 12.5. The Kier molecular flexibility index (Phi) is 3.88. The summed E-state index contributed by atoms with van der Waals surface area (Å²) in [7, 11) is 0. The van der Waals surface area contributed by atoms with Crippen molar-refractivity contribution in [2.24, 2.45) is 5.73 Å². The first-order valence-electron chi connectivity index (χ1n) is 5.42. The van der Waals surface area contributed by atoms with Gasteiger partial charge in [-0.3, -0.25) is 4.57 Å². The Morgan fingerprint density at radius 2 is 2.00 bits per heavy atom. The van der Waals surface area contributed by atoms with Crippen molar-refractivity contribution >= 4 is 0 Å². The molecular formula is C12H13F2N3O. The molecule has 0 unspecified atom stereocenters. The largest absolute Gasteiger partial charge is 0.486 e. The highest BCUT2D eigenvalue weighted by Gasteiger charge is 2.11. The van der Waals surface area contributed by atoms with Gasteiger partial charge in [0.15, 0.2) is 5.82 Å². The van der Waals surface area contributed by atoms with Crippen molar-refractivity contribution < 1.29 is 13.5 Å². The lowest BCUT2D eigenvalue weighted by molar-refractivity contribution is 0.0632. The van der Waals surface area contributed by atoms with Gasteiger partial charge in [-0.1, -0.05) is 12.1 Å². The lowest BCUT2D eigenvalue weighted by atomic mass is 10.2. The third-order valence-corrected chi connectivity index (χ3v) is 2.49. The van der Waals surface area contributed by atoms with Crippen LogP contribution < -0.4 is 10.5 Å². The topological polar surface area (TPSA) is 53.1 Å². The summed E-state index contributed by atoms with van der Waals surface area (Å²) in [6.07, 6.45) is 2.54. The van der Waals surface area contributed by atoms with E-state index < -0.39 is 6.55 Å². The second kappa shape index (κ2) is 5.59. The zero-order chi connectivity index (χ0) is 13.0. The maximum Gasteiger partial charge on any atom is 0.320 e. The summed E-state index contributed by atoms with van der Waals surface area (Å²) < 4.78 is 31.2. The molecule has 2 aromatic rings. The van der Waals surface area contributed by atoms with Gasteiger partial charge in [-0.25, -0.2) is 4.98 Å². The van der Waals surface area contributed by atoms with E-state index in [4.69, 9.17) is 10.5 Å². The molecule has 0 atom stereocenters. The van der Waals surface area contributed by atoms with Crippen LogP contribution >= 0.6 is 0 Å². The molecule has 0 amide bonds. The molecule has 4 nitrogen and oxygen atoms in total. The van der Waals surface area contributed by atoms with Gasteiger partial charge in [-0.15, -0.1) is 0 Å². The Hall–Kier alpha value is -1.95. The van der Waals surface area contributed by atoms with E-state index in [0.29, 0.717) is 12.3 Å². The summed E-state index contributed by atoms with van der Waals surface area (Å²) in [6.45, 7) is -2.15. The van der Waals surface area contributed by atoms with Gasteiger partial charge < -0.3 is 10.5 Å². The van der Waals surface area contributed by atoms with Crippen molar-refractivity contribution in [2.75, 3.05) is 0 Å². The second-order valence-corrected chi connectivity index (χ2v) is 3.67. The molecule has 96 valence electrons. The summed E-state index contributed by atoms with van der Waals surface area (Å²) in [4.78, 5) is 3.82. The molecule has 1 aromatic heterocycles. The van der Waals surface area contributed by atoms with Gasteiger partial charge in [0.25, 0.3) is 0 Å². The van der Waals surface area contributed by atoms with Gasteiger partial charge in [0.1, 0.15) is 12.4 Å². The molecule has 0 fully saturated rings. The first kappa shape index (κ1) is 12.5. The summed E-state index contributed by atoms with van der Waals surface area (Å²) in [6, 6.07) is 7.15. The Balaban J connectivity index is 2.00. The molecule has 0 aliphatic heterocycles. The van der Waals surface area contributed by atoms with E-state index >= 15 is 0 Å². The first-order valence-corrected chi connectivity index (χ1v) is 5.42. The summed E-state index contributed by atoms with van der Waals surface area (Å²) in [5.74, 6) is 0.781. The highest BCUT2D eigenvalue weighted by atomic mass is 19.3. The number of rotatable bonds is 5. The van der Waals surface area contributed by atoms with Crippen molar-refractivity contribution in [1.29, 1.82) is 0 Å². The number of hydrogen-bond donors (Lipinski definition) is 1. The average molecular weight is 253 g/mol. The number of hydrogen-bond acceptors (Lipinski definition) is 3. The first-order chi connectivity index (χ1) is 8.70. The van der Waals surface area contributed by atoms with Gasteiger partial charge in [-0.05, 0) is 17.7 Å². The SMILES string of the molecule is NCc1ccc(OCc2nccn2C(F)F)cc1. The summed E-state index contributed by atoms with van der Waals surface area (Å²) in [5.41, 5.74) is 6.45. The van der Waals surface area contributed by atoms with Crippen LogP contribution in [0.1, 0.15) is 17.9 Å². The van der Waals surface area contributed by atoms with Gasteiger partial charge in [0.2, 0.25) is 0 Å². The smallest absolute Gasteiger partial charge is 0.320 e. The zero-order valence-electron chi connectivity index (χ0n) is 9.59. The number of imidazole rings is 1. The van der Waals surface area contributed by atoms with Gasteiger partial charge in [0.05, 0.1) is 0 Å². The van der Waals surface area contributed by atoms with E-state index in [-0.39, 0.29) is 12.4 Å². The molecule has 0 bridgehead atoms. The van der Waals surface area contributed by atoms with Crippen LogP contribution in [0.4, 0.5) is 8.78 Å². The fourth-order valence-corrected chi connectivity index (χ4v) is 1.50. The van der Waals surface area contributed by atoms with Crippen molar-refractivity contribution in [3.05, 3.63) is 48.0 Å². The number of nitrogens with zero attached hydrogens (tertiary/aromatic N) is 2. The molecule has 0 aliphatic rings. The quantitative estimate of drug-likeness (QED) is 0.889. The van der Waals surface area contributed by atoms with Gasteiger partial charge in [0, 0.05) is 18.9 Å². The molecule has 2 rings (SSSR count). The van der Waals surface area contributed by atoms with Crippen LogP contribution in [0.2, 0.25) is 0 Å². The van der Waals surface area contributed by atoms with E-state index in [1.807, 2.05) is 12.1 Å². The molecular weight excluding hydrogens is 240 g/mol. The molecule has 0 radical (unpaired) electrons.